The number of rotatable bonds is 3. The van der Waals surface area contributed by atoms with Gasteiger partial charge in [0.05, 0.1) is 11.0 Å². The molecule has 0 saturated carbocycles. The van der Waals surface area contributed by atoms with Crippen molar-refractivity contribution in [2.75, 3.05) is 0 Å². The molecule has 118 valence electrons. The molecule has 0 amide bonds. The number of aromatic nitrogens is 2. The minimum absolute atomic E-state index is 0.830. The Hall–Kier alpha value is -2.87. The van der Waals surface area contributed by atoms with Gasteiger partial charge in [-0.3, -0.25) is 0 Å². The van der Waals surface area contributed by atoms with E-state index in [-0.39, 0.29) is 0 Å². The van der Waals surface area contributed by atoms with Crippen LogP contribution in [0, 0.1) is 13.8 Å². The number of hydrogen-bond donors (Lipinski definition) is 0. The fraction of sp³-hybridized carbons (Fsp3) is 0.136. The SMILES string of the molecule is Cc1cccc(-c2nc3ccccc3n2Cc2ccccc2C)c1. The Balaban J connectivity index is 1.92. The molecule has 4 rings (SSSR count). The summed E-state index contributed by atoms with van der Waals surface area (Å²) in [5.41, 5.74) is 7.28. The Morgan fingerprint density at radius 2 is 1.62 bits per heavy atom. The summed E-state index contributed by atoms with van der Waals surface area (Å²) in [5, 5.41) is 0. The lowest BCUT2D eigenvalue weighted by molar-refractivity contribution is 0.828. The van der Waals surface area contributed by atoms with E-state index >= 15 is 0 Å². The number of nitrogens with zero attached hydrogens (tertiary/aromatic N) is 2. The molecule has 0 N–H and O–H groups in total. The monoisotopic (exact) mass is 312 g/mol. The highest BCUT2D eigenvalue weighted by Gasteiger charge is 2.13. The van der Waals surface area contributed by atoms with Crippen molar-refractivity contribution in [3.8, 4) is 11.4 Å². The van der Waals surface area contributed by atoms with E-state index in [4.69, 9.17) is 4.98 Å². The first-order valence-electron chi connectivity index (χ1n) is 8.29. The van der Waals surface area contributed by atoms with E-state index < -0.39 is 0 Å². The zero-order valence-corrected chi connectivity index (χ0v) is 14.0. The van der Waals surface area contributed by atoms with Crippen LogP contribution in [0.4, 0.5) is 0 Å². The number of fused-ring (bicyclic) bond motifs is 1. The first-order valence-corrected chi connectivity index (χ1v) is 8.29. The molecular weight excluding hydrogens is 292 g/mol. The lowest BCUT2D eigenvalue weighted by Crippen LogP contribution is -2.03. The van der Waals surface area contributed by atoms with Crippen LogP contribution in [0.1, 0.15) is 16.7 Å². The molecule has 0 aliphatic heterocycles. The van der Waals surface area contributed by atoms with Crippen LogP contribution in [-0.2, 0) is 6.54 Å². The molecule has 0 saturated heterocycles. The van der Waals surface area contributed by atoms with Crippen LogP contribution in [0.5, 0.6) is 0 Å². The predicted molar refractivity (Wildman–Crippen MR) is 100 cm³/mol. The quantitative estimate of drug-likeness (QED) is 0.497. The predicted octanol–water partition coefficient (Wildman–Crippen LogP) is 5.37. The Morgan fingerprint density at radius 1 is 0.833 bits per heavy atom. The van der Waals surface area contributed by atoms with E-state index in [0.717, 1.165) is 17.9 Å². The number of benzene rings is 3. The van der Waals surface area contributed by atoms with Crippen molar-refractivity contribution in [3.05, 3.63) is 89.5 Å². The molecule has 0 radical (unpaired) electrons. The molecule has 2 heteroatoms. The molecule has 0 aliphatic carbocycles. The second kappa shape index (κ2) is 5.97. The normalized spacial score (nSPS) is 11.1. The van der Waals surface area contributed by atoms with E-state index in [1.807, 2.05) is 6.07 Å². The zero-order valence-electron chi connectivity index (χ0n) is 14.0. The fourth-order valence-corrected chi connectivity index (χ4v) is 3.20. The molecular formula is C22H20N2. The van der Waals surface area contributed by atoms with Gasteiger partial charge in [-0.05, 0) is 43.2 Å². The topological polar surface area (TPSA) is 17.8 Å². The molecule has 24 heavy (non-hydrogen) atoms. The number of para-hydroxylation sites is 2. The Kier molecular flexibility index (Phi) is 3.66. The maximum Gasteiger partial charge on any atom is 0.141 e. The Labute approximate surface area is 142 Å². The second-order valence-corrected chi connectivity index (χ2v) is 6.31. The minimum atomic E-state index is 0.830. The summed E-state index contributed by atoms with van der Waals surface area (Å²) in [4.78, 5) is 4.91. The summed E-state index contributed by atoms with van der Waals surface area (Å²) in [6.07, 6.45) is 0. The van der Waals surface area contributed by atoms with Crippen LogP contribution < -0.4 is 0 Å². The van der Waals surface area contributed by atoms with Crippen LogP contribution in [0.15, 0.2) is 72.8 Å². The molecule has 1 heterocycles. The molecule has 1 aromatic heterocycles. The second-order valence-electron chi connectivity index (χ2n) is 6.31. The molecule has 4 aromatic rings. The smallest absolute Gasteiger partial charge is 0.141 e. The van der Waals surface area contributed by atoms with E-state index in [0.29, 0.717) is 0 Å². The molecule has 3 aromatic carbocycles. The van der Waals surface area contributed by atoms with Gasteiger partial charge < -0.3 is 4.57 Å². The number of hydrogen-bond acceptors (Lipinski definition) is 1. The van der Waals surface area contributed by atoms with Crippen molar-refractivity contribution in [3.63, 3.8) is 0 Å². The molecule has 0 aliphatic rings. The fourth-order valence-electron chi connectivity index (χ4n) is 3.20. The third-order valence-electron chi connectivity index (χ3n) is 4.52. The minimum Gasteiger partial charge on any atom is -0.319 e. The highest BCUT2D eigenvalue weighted by molar-refractivity contribution is 5.80. The number of aryl methyl sites for hydroxylation is 2. The summed E-state index contributed by atoms with van der Waals surface area (Å²) in [7, 11) is 0. The Morgan fingerprint density at radius 3 is 2.46 bits per heavy atom. The van der Waals surface area contributed by atoms with E-state index in [1.165, 1.54) is 27.8 Å². The average molecular weight is 312 g/mol. The lowest BCUT2D eigenvalue weighted by atomic mass is 10.1. The van der Waals surface area contributed by atoms with Gasteiger partial charge >= 0.3 is 0 Å². The van der Waals surface area contributed by atoms with Gasteiger partial charge in [-0.25, -0.2) is 4.98 Å². The van der Waals surface area contributed by atoms with Gasteiger partial charge in [0.1, 0.15) is 5.82 Å². The largest absolute Gasteiger partial charge is 0.319 e. The highest BCUT2D eigenvalue weighted by atomic mass is 15.1. The van der Waals surface area contributed by atoms with Crippen molar-refractivity contribution in [2.24, 2.45) is 0 Å². The zero-order chi connectivity index (χ0) is 16.5. The average Bonchev–Trinajstić information content (AvgIpc) is 2.96. The molecule has 0 spiro atoms. The van der Waals surface area contributed by atoms with Crippen molar-refractivity contribution < 1.29 is 0 Å². The molecule has 0 atom stereocenters. The van der Waals surface area contributed by atoms with Gasteiger partial charge in [-0.1, -0.05) is 60.2 Å². The summed E-state index contributed by atoms with van der Waals surface area (Å²) in [5.74, 6) is 1.03. The van der Waals surface area contributed by atoms with Gasteiger partial charge in [-0.2, -0.15) is 0 Å². The van der Waals surface area contributed by atoms with Crippen LogP contribution in [-0.4, -0.2) is 9.55 Å². The van der Waals surface area contributed by atoms with Crippen molar-refractivity contribution in [1.29, 1.82) is 0 Å². The van der Waals surface area contributed by atoms with Crippen LogP contribution >= 0.6 is 0 Å². The van der Waals surface area contributed by atoms with Gasteiger partial charge in [0.15, 0.2) is 0 Å². The molecule has 2 nitrogen and oxygen atoms in total. The Bertz CT molecular complexity index is 1010. The van der Waals surface area contributed by atoms with E-state index in [2.05, 4.69) is 85.1 Å². The van der Waals surface area contributed by atoms with Crippen molar-refractivity contribution >= 4 is 11.0 Å². The maximum absolute atomic E-state index is 4.91. The third kappa shape index (κ3) is 2.61. The standard InChI is InChI=1S/C22H20N2/c1-16-8-7-11-18(14-16)22-23-20-12-5-6-13-21(20)24(22)15-19-10-4-3-9-17(19)2/h3-14H,15H2,1-2H3. The van der Waals surface area contributed by atoms with Gasteiger partial charge in [0.25, 0.3) is 0 Å². The molecule has 0 unspecified atom stereocenters. The molecule has 0 bridgehead atoms. The van der Waals surface area contributed by atoms with Crippen LogP contribution in [0.25, 0.3) is 22.4 Å². The lowest BCUT2D eigenvalue weighted by Gasteiger charge is -2.12. The number of imidazole rings is 1. The molecule has 0 fully saturated rings. The van der Waals surface area contributed by atoms with E-state index in [1.54, 1.807) is 0 Å². The van der Waals surface area contributed by atoms with Crippen LogP contribution in [0.2, 0.25) is 0 Å². The summed E-state index contributed by atoms with van der Waals surface area (Å²) in [6.45, 7) is 5.12. The summed E-state index contributed by atoms with van der Waals surface area (Å²) < 4.78 is 2.33. The van der Waals surface area contributed by atoms with E-state index in [9.17, 15) is 0 Å². The highest BCUT2D eigenvalue weighted by Crippen LogP contribution is 2.27. The van der Waals surface area contributed by atoms with Crippen molar-refractivity contribution in [1.82, 2.24) is 9.55 Å². The van der Waals surface area contributed by atoms with Gasteiger partial charge in [-0.15, -0.1) is 0 Å². The third-order valence-corrected chi connectivity index (χ3v) is 4.52. The maximum atomic E-state index is 4.91. The van der Waals surface area contributed by atoms with Crippen LogP contribution in [0.3, 0.4) is 0 Å². The summed E-state index contributed by atoms with van der Waals surface area (Å²) in [6, 6.07) is 25.5. The first-order chi connectivity index (χ1) is 11.7. The van der Waals surface area contributed by atoms with Gasteiger partial charge in [0.2, 0.25) is 0 Å². The summed E-state index contributed by atoms with van der Waals surface area (Å²) >= 11 is 0. The van der Waals surface area contributed by atoms with Crippen molar-refractivity contribution in [2.45, 2.75) is 20.4 Å². The van der Waals surface area contributed by atoms with Gasteiger partial charge in [0, 0.05) is 12.1 Å². The first kappa shape index (κ1) is 14.7.